The highest BCUT2D eigenvalue weighted by Gasteiger charge is 2.10. The van der Waals surface area contributed by atoms with Crippen molar-refractivity contribution in [2.24, 2.45) is 7.05 Å². The Morgan fingerprint density at radius 1 is 1.62 bits per heavy atom. The Bertz CT molecular complexity index is 578. The Kier molecular flexibility index (Phi) is 2.88. The summed E-state index contributed by atoms with van der Waals surface area (Å²) in [5.41, 5.74) is 5.90. The van der Waals surface area contributed by atoms with Gasteiger partial charge in [0.2, 0.25) is 0 Å². The number of aromatic amines is 1. The molecular formula is C8H8ClN5OS. The van der Waals surface area contributed by atoms with Crippen molar-refractivity contribution in [2.45, 2.75) is 10.2 Å². The Labute approximate surface area is 99.8 Å². The van der Waals surface area contributed by atoms with Gasteiger partial charge in [-0.25, -0.2) is 14.9 Å². The van der Waals surface area contributed by atoms with Crippen molar-refractivity contribution in [1.82, 2.24) is 19.7 Å². The minimum atomic E-state index is -0.282. The first-order valence-electron chi connectivity index (χ1n) is 4.28. The summed E-state index contributed by atoms with van der Waals surface area (Å²) in [6.45, 7) is 0. The maximum atomic E-state index is 11.1. The quantitative estimate of drug-likeness (QED) is 0.834. The van der Waals surface area contributed by atoms with Gasteiger partial charge in [0.15, 0.2) is 5.16 Å². The van der Waals surface area contributed by atoms with Gasteiger partial charge in [-0.1, -0.05) is 11.6 Å². The smallest absolute Gasteiger partial charge is 0.343 e. The van der Waals surface area contributed by atoms with Gasteiger partial charge in [0, 0.05) is 13.2 Å². The van der Waals surface area contributed by atoms with Crippen molar-refractivity contribution >= 4 is 29.1 Å². The summed E-state index contributed by atoms with van der Waals surface area (Å²) in [4.78, 5) is 15.2. The van der Waals surface area contributed by atoms with Crippen molar-refractivity contribution in [3.63, 3.8) is 0 Å². The number of anilines is 1. The molecule has 6 nitrogen and oxygen atoms in total. The largest absolute Gasteiger partial charge is 0.396 e. The molecule has 0 saturated heterocycles. The van der Waals surface area contributed by atoms with Crippen molar-refractivity contribution in [3.8, 4) is 0 Å². The molecular weight excluding hydrogens is 250 g/mol. The summed E-state index contributed by atoms with van der Waals surface area (Å²) in [5.74, 6) is 0. The molecule has 2 aromatic heterocycles. The van der Waals surface area contributed by atoms with E-state index in [1.807, 2.05) is 0 Å². The molecule has 2 rings (SSSR count). The number of nitrogen functional groups attached to an aromatic ring is 1. The first-order valence-corrected chi connectivity index (χ1v) is 5.47. The van der Waals surface area contributed by atoms with Gasteiger partial charge in [-0.15, -0.1) is 5.10 Å². The first-order chi connectivity index (χ1) is 7.58. The van der Waals surface area contributed by atoms with Crippen molar-refractivity contribution in [2.75, 3.05) is 5.73 Å². The van der Waals surface area contributed by atoms with Crippen LogP contribution >= 0.6 is 23.4 Å². The number of halogens is 1. The molecule has 0 unspecified atom stereocenters. The predicted octanol–water partition coefficient (Wildman–Crippen LogP) is 0.890. The van der Waals surface area contributed by atoms with Crippen LogP contribution in [0.15, 0.2) is 27.2 Å². The average molecular weight is 258 g/mol. The summed E-state index contributed by atoms with van der Waals surface area (Å²) in [5, 5.41) is 7.69. The van der Waals surface area contributed by atoms with E-state index in [1.165, 1.54) is 22.5 Å². The van der Waals surface area contributed by atoms with Crippen LogP contribution in [-0.2, 0) is 7.05 Å². The number of aromatic nitrogens is 4. The van der Waals surface area contributed by atoms with Crippen LogP contribution in [0.1, 0.15) is 0 Å². The number of nitrogens with two attached hydrogens (primary N) is 1. The minimum Gasteiger partial charge on any atom is -0.396 e. The van der Waals surface area contributed by atoms with E-state index in [-0.39, 0.29) is 5.69 Å². The second-order valence-electron chi connectivity index (χ2n) is 3.02. The molecule has 0 fully saturated rings. The maximum absolute atomic E-state index is 11.1. The average Bonchev–Trinajstić information content (AvgIpc) is 2.54. The van der Waals surface area contributed by atoms with E-state index in [9.17, 15) is 4.79 Å². The molecule has 0 bridgehead atoms. The fourth-order valence-corrected chi connectivity index (χ4v) is 1.97. The number of hydrogen-bond acceptors (Lipinski definition) is 5. The highest BCUT2D eigenvalue weighted by molar-refractivity contribution is 7.99. The zero-order valence-electron chi connectivity index (χ0n) is 8.27. The third kappa shape index (κ3) is 2.05. The van der Waals surface area contributed by atoms with E-state index < -0.39 is 0 Å². The van der Waals surface area contributed by atoms with Gasteiger partial charge in [-0.3, -0.25) is 4.57 Å². The molecule has 0 saturated carbocycles. The molecule has 16 heavy (non-hydrogen) atoms. The molecule has 3 N–H and O–H groups in total. The Morgan fingerprint density at radius 3 is 2.94 bits per heavy atom. The SMILES string of the molecule is Cn1c(Sc2ncc(Cl)cc2N)n[nH]c1=O. The lowest BCUT2D eigenvalue weighted by atomic mass is 10.4. The van der Waals surface area contributed by atoms with E-state index in [4.69, 9.17) is 17.3 Å². The third-order valence-corrected chi connectivity index (χ3v) is 3.16. The monoisotopic (exact) mass is 257 g/mol. The van der Waals surface area contributed by atoms with Crippen LogP contribution in [0.5, 0.6) is 0 Å². The summed E-state index contributed by atoms with van der Waals surface area (Å²) in [6.07, 6.45) is 1.49. The number of hydrogen-bond donors (Lipinski definition) is 2. The standard InChI is InChI=1S/C8H8ClN5OS/c1-14-7(15)12-13-8(14)16-6-5(10)2-4(9)3-11-6/h2-3H,10H2,1H3,(H,12,15). The van der Waals surface area contributed by atoms with Gasteiger partial charge in [0.25, 0.3) is 0 Å². The van der Waals surface area contributed by atoms with E-state index >= 15 is 0 Å². The lowest BCUT2D eigenvalue weighted by molar-refractivity contribution is 0.765. The third-order valence-electron chi connectivity index (χ3n) is 1.87. The molecule has 0 spiro atoms. The van der Waals surface area contributed by atoms with Gasteiger partial charge < -0.3 is 5.73 Å². The molecule has 0 radical (unpaired) electrons. The lowest BCUT2D eigenvalue weighted by Gasteiger charge is -2.02. The first kappa shape index (κ1) is 11.0. The van der Waals surface area contributed by atoms with Crippen LogP contribution in [0.3, 0.4) is 0 Å². The lowest BCUT2D eigenvalue weighted by Crippen LogP contribution is -2.12. The van der Waals surface area contributed by atoms with Crippen LogP contribution in [0.25, 0.3) is 0 Å². The normalized spacial score (nSPS) is 10.6. The topological polar surface area (TPSA) is 89.6 Å². The Hall–Kier alpha value is -1.47. The maximum Gasteiger partial charge on any atom is 0.343 e. The van der Waals surface area contributed by atoms with Crippen molar-refractivity contribution < 1.29 is 0 Å². The number of H-pyrrole nitrogens is 1. The van der Waals surface area contributed by atoms with Crippen LogP contribution < -0.4 is 11.4 Å². The molecule has 2 heterocycles. The minimum absolute atomic E-state index is 0.282. The van der Waals surface area contributed by atoms with Gasteiger partial charge in [0.1, 0.15) is 5.03 Å². The van der Waals surface area contributed by atoms with Crippen LogP contribution in [0.4, 0.5) is 5.69 Å². The van der Waals surface area contributed by atoms with E-state index in [0.29, 0.717) is 20.9 Å². The van der Waals surface area contributed by atoms with Crippen LogP contribution in [0, 0.1) is 0 Å². The second-order valence-corrected chi connectivity index (χ2v) is 4.41. The molecule has 0 aliphatic rings. The van der Waals surface area contributed by atoms with Gasteiger partial charge in [0.05, 0.1) is 10.7 Å². The van der Waals surface area contributed by atoms with Gasteiger partial charge >= 0.3 is 5.69 Å². The molecule has 0 aliphatic carbocycles. The zero-order valence-corrected chi connectivity index (χ0v) is 9.84. The van der Waals surface area contributed by atoms with E-state index in [0.717, 1.165) is 0 Å². The van der Waals surface area contributed by atoms with E-state index in [2.05, 4.69) is 15.2 Å². The number of nitrogens with one attached hydrogen (secondary N) is 1. The molecule has 0 amide bonds. The second kappa shape index (κ2) is 4.18. The summed E-state index contributed by atoms with van der Waals surface area (Å²) in [7, 11) is 1.61. The number of rotatable bonds is 2. The van der Waals surface area contributed by atoms with Crippen molar-refractivity contribution in [1.29, 1.82) is 0 Å². The highest BCUT2D eigenvalue weighted by atomic mass is 35.5. The van der Waals surface area contributed by atoms with Crippen LogP contribution in [-0.4, -0.2) is 19.7 Å². The predicted molar refractivity (Wildman–Crippen MR) is 61.6 cm³/mol. The summed E-state index contributed by atoms with van der Waals surface area (Å²) >= 11 is 6.92. The Morgan fingerprint density at radius 2 is 2.38 bits per heavy atom. The summed E-state index contributed by atoms with van der Waals surface area (Å²) in [6, 6.07) is 1.60. The van der Waals surface area contributed by atoms with Crippen molar-refractivity contribution in [3.05, 3.63) is 27.8 Å². The summed E-state index contributed by atoms with van der Waals surface area (Å²) < 4.78 is 1.38. The fraction of sp³-hybridized carbons (Fsp3) is 0.125. The molecule has 2 aromatic rings. The molecule has 84 valence electrons. The van der Waals surface area contributed by atoms with Gasteiger partial charge in [-0.05, 0) is 17.8 Å². The number of pyridine rings is 1. The fourth-order valence-electron chi connectivity index (χ4n) is 1.04. The molecule has 0 aliphatic heterocycles. The molecule has 8 heteroatoms. The Balaban J connectivity index is 2.34. The van der Waals surface area contributed by atoms with E-state index in [1.54, 1.807) is 13.1 Å². The zero-order chi connectivity index (χ0) is 11.7. The highest BCUT2D eigenvalue weighted by Crippen LogP contribution is 2.28. The molecule has 0 atom stereocenters. The van der Waals surface area contributed by atoms with Gasteiger partial charge in [-0.2, -0.15) is 0 Å². The molecule has 0 aromatic carbocycles. The number of nitrogens with zero attached hydrogens (tertiary/aromatic N) is 3. The van der Waals surface area contributed by atoms with Crippen LogP contribution in [0.2, 0.25) is 5.02 Å².